The summed E-state index contributed by atoms with van der Waals surface area (Å²) in [5.74, 6) is -0.722. The van der Waals surface area contributed by atoms with Gasteiger partial charge < -0.3 is 25.0 Å². The molecule has 3 aromatic carbocycles. The van der Waals surface area contributed by atoms with E-state index >= 15 is 0 Å². The number of phenols is 1. The Kier molecular flexibility index (Phi) is 7.86. The average molecular weight is 467 g/mol. The van der Waals surface area contributed by atoms with Crippen LogP contribution in [0.25, 0.3) is 0 Å². The van der Waals surface area contributed by atoms with Crippen LogP contribution in [-0.2, 0) is 14.3 Å². The fourth-order valence-corrected chi connectivity index (χ4v) is 3.49. The summed E-state index contributed by atoms with van der Waals surface area (Å²) in [5, 5.41) is 23.6. The number of hydrogen-bond donors (Lipinski definition) is 3. The smallest absolute Gasteiger partial charge is 0.315 e. The number of rotatable bonds is 8. The third-order valence-corrected chi connectivity index (χ3v) is 5.05. The van der Waals surface area contributed by atoms with E-state index in [9.17, 15) is 24.2 Å². The zero-order valence-corrected chi connectivity index (χ0v) is 19.1. The molecule has 0 aliphatic heterocycles. The molecule has 0 aliphatic rings. The van der Waals surface area contributed by atoms with E-state index in [1.165, 1.54) is 36.4 Å². The number of aryl methyl sites for hydroxylation is 2. The SMILES string of the molecule is CCOC(=O)CC(=O)Nc1cc(C)c(Oc2ccc(O)c([C@@H](O)c3ccc(F)cc3)c2)c(C)c1. The number of carbonyl (C=O) groups is 2. The lowest BCUT2D eigenvalue weighted by molar-refractivity contribution is -0.145. The number of aliphatic hydroxyl groups is 1. The first-order valence-corrected chi connectivity index (χ1v) is 10.7. The summed E-state index contributed by atoms with van der Waals surface area (Å²) >= 11 is 0. The fraction of sp³-hybridized carbons (Fsp3) is 0.231. The number of aromatic hydroxyl groups is 1. The van der Waals surface area contributed by atoms with Gasteiger partial charge in [-0.3, -0.25) is 9.59 Å². The minimum atomic E-state index is -1.18. The number of phenolic OH excluding ortho intramolecular Hbond substituents is 1. The van der Waals surface area contributed by atoms with E-state index in [0.29, 0.717) is 22.7 Å². The van der Waals surface area contributed by atoms with Gasteiger partial charge in [-0.1, -0.05) is 12.1 Å². The Labute approximate surface area is 196 Å². The maximum absolute atomic E-state index is 13.2. The molecule has 0 heterocycles. The van der Waals surface area contributed by atoms with Crippen molar-refractivity contribution in [3.8, 4) is 17.2 Å². The van der Waals surface area contributed by atoms with Crippen LogP contribution < -0.4 is 10.1 Å². The van der Waals surface area contributed by atoms with Crippen LogP contribution in [0.4, 0.5) is 10.1 Å². The number of nitrogens with one attached hydrogen (secondary N) is 1. The number of aliphatic hydroxyl groups excluding tert-OH is 1. The maximum atomic E-state index is 13.2. The van der Waals surface area contributed by atoms with E-state index < -0.39 is 23.8 Å². The lowest BCUT2D eigenvalue weighted by Crippen LogP contribution is -2.18. The summed E-state index contributed by atoms with van der Waals surface area (Å²) in [6.07, 6.45) is -1.56. The Hall–Kier alpha value is -3.91. The number of halogens is 1. The Morgan fingerprint density at radius 1 is 1.03 bits per heavy atom. The van der Waals surface area contributed by atoms with Crippen LogP contribution in [0.2, 0.25) is 0 Å². The molecule has 8 heteroatoms. The van der Waals surface area contributed by atoms with Gasteiger partial charge in [-0.25, -0.2) is 4.39 Å². The van der Waals surface area contributed by atoms with Gasteiger partial charge in [0.25, 0.3) is 0 Å². The topological polar surface area (TPSA) is 105 Å². The summed E-state index contributed by atoms with van der Waals surface area (Å²) in [7, 11) is 0. The van der Waals surface area contributed by atoms with Gasteiger partial charge in [-0.05, 0) is 79.9 Å². The molecule has 0 fully saturated rings. The predicted octanol–water partition coefficient (Wildman–Crippen LogP) is 4.91. The van der Waals surface area contributed by atoms with Crippen LogP contribution in [-0.4, -0.2) is 28.7 Å². The highest BCUT2D eigenvalue weighted by Crippen LogP contribution is 2.36. The van der Waals surface area contributed by atoms with Crippen molar-refractivity contribution in [2.24, 2.45) is 0 Å². The van der Waals surface area contributed by atoms with Gasteiger partial charge in [0, 0.05) is 11.3 Å². The minimum Gasteiger partial charge on any atom is -0.508 e. The highest BCUT2D eigenvalue weighted by atomic mass is 19.1. The van der Waals surface area contributed by atoms with Crippen molar-refractivity contribution >= 4 is 17.6 Å². The molecule has 0 saturated heterocycles. The molecule has 0 radical (unpaired) electrons. The largest absolute Gasteiger partial charge is 0.508 e. The van der Waals surface area contributed by atoms with Crippen LogP contribution in [0, 0.1) is 19.7 Å². The molecule has 0 saturated carbocycles. The molecular formula is C26H26FNO6. The van der Waals surface area contributed by atoms with E-state index in [1.807, 2.05) is 0 Å². The van der Waals surface area contributed by atoms with Gasteiger partial charge in [0.15, 0.2) is 0 Å². The molecule has 3 aromatic rings. The molecule has 1 amide bonds. The van der Waals surface area contributed by atoms with Gasteiger partial charge in [0.2, 0.25) is 5.91 Å². The van der Waals surface area contributed by atoms with Crippen molar-refractivity contribution in [2.45, 2.75) is 33.3 Å². The normalized spacial score (nSPS) is 11.6. The van der Waals surface area contributed by atoms with Gasteiger partial charge in [0.05, 0.1) is 6.61 Å². The molecule has 3 N–H and O–H groups in total. The number of anilines is 1. The first-order valence-electron chi connectivity index (χ1n) is 10.7. The second-order valence-electron chi connectivity index (χ2n) is 7.75. The molecule has 7 nitrogen and oxygen atoms in total. The van der Waals surface area contributed by atoms with Gasteiger partial charge in [0.1, 0.15) is 35.6 Å². The molecule has 0 unspecified atom stereocenters. The molecular weight excluding hydrogens is 441 g/mol. The van der Waals surface area contributed by atoms with E-state index in [-0.39, 0.29) is 24.3 Å². The van der Waals surface area contributed by atoms with Crippen molar-refractivity contribution in [1.29, 1.82) is 0 Å². The maximum Gasteiger partial charge on any atom is 0.315 e. The lowest BCUT2D eigenvalue weighted by Gasteiger charge is -2.17. The second kappa shape index (κ2) is 10.8. The number of esters is 1. The molecule has 0 bridgehead atoms. The number of carbonyl (C=O) groups excluding carboxylic acids is 2. The monoisotopic (exact) mass is 467 g/mol. The molecule has 3 rings (SSSR count). The van der Waals surface area contributed by atoms with Crippen molar-refractivity contribution in [3.63, 3.8) is 0 Å². The van der Waals surface area contributed by atoms with Crippen LogP contribution in [0.3, 0.4) is 0 Å². The van der Waals surface area contributed by atoms with E-state index in [0.717, 1.165) is 11.1 Å². The molecule has 178 valence electrons. The minimum absolute atomic E-state index is 0.128. The Morgan fingerprint density at radius 2 is 1.68 bits per heavy atom. The Balaban J connectivity index is 1.79. The van der Waals surface area contributed by atoms with Crippen molar-refractivity contribution in [1.82, 2.24) is 0 Å². The summed E-state index contributed by atoms with van der Waals surface area (Å²) in [5.41, 5.74) is 2.58. The highest BCUT2D eigenvalue weighted by Gasteiger charge is 2.18. The summed E-state index contributed by atoms with van der Waals surface area (Å²) in [4.78, 5) is 23.5. The molecule has 0 spiro atoms. The second-order valence-corrected chi connectivity index (χ2v) is 7.75. The third-order valence-electron chi connectivity index (χ3n) is 5.05. The van der Waals surface area contributed by atoms with Crippen LogP contribution in [0.15, 0.2) is 54.6 Å². The summed E-state index contributed by atoms with van der Waals surface area (Å²) < 4.78 is 24.0. The highest BCUT2D eigenvalue weighted by molar-refractivity contribution is 6.02. The summed E-state index contributed by atoms with van der Waals surface area (Å²) in [6, 6.07) is 13.2. The molecule has 0 aromatic heterocycles. The summed E-state index contributed by atoms with van der Waals surface area (Å²) in [6.45, 7) is 5.48. The third kappa shape index (κ3) is 6.11. The number of hydrogen-bond acceptors (Lipinski definition) is 6. The first kappa shape index (κ1) is 24.7. The van der Waals surface area contributed by atoms with Crippen LogP contribution in [0.5, 0.6) is 17.2 Å². The standard InChI is InChI=1S/C26H26FNO6/c1-4-33-24(31)14-23(30)28-19-11-15(2)26(16(3)12-19)34-20-9-10-22(29)21(13-20)25(32)17-5-7-18(27)8-6-17/h5-13,25,29,32H,4,14H2,1-3H3,(H,28,30)/t25-/m0/s1. The zero-order valence-electron chi connectivity index (χ0n) is 19.1. The molecule has 1 atom stereocenters. The number of ether oxygens (including phenoxy) is 2. The predicted molar refractivity (Wildman–Crippen MR) is 124 cm³/mol. The fourth-order valence-electron chi connectivity index (χ4n) is 3.49. The van der Waals surface area contributed by atoms with Crippen molar-refractivity contribution in [2.75, 3.05) is 11.9 Å². The quantitative estimate of drug-likeness (QED) is 0.321. The van der Waals surface area contributed by atoms with Crippen LogP contribution in [0.1, 0.15) is 41.7 Å². The first-order chi connectivity index (χ1) is 16.2. The Morgan fingerprint density at radius 3 is 2.29 bits per heavy atom. The van der Waals surface area contributed by atoms with E-state index in [1.54, 1.807) is 39.0 Å². The van der Waals surface area contributed by atoms with Gasteiger partial charge in [-0.15, -0.1) is 0 Å². The van der Waals surface area contributed by atoms with E-state index in [4.69, 9.17) is 9.47 Å². The van der Waals surface area contributed by atoms with E-state index in [2.05, 4.69) is 5.32 Å². The lowest BCUT2D eigenvalue weighted by atomic mass is 10.0. The number of benzene rings is 3. The zero-order chi connectivity index (χ0) is 24.8. The number of amides is 1. The van der Waals surface area contributed by atoms with Crippen molar-refractivity contribution < 1.29 is 33.7 Å². The van der Waals surface area contributed by atoms with Gasteiger partial charge in [-0.2, -0.15) is 0 Å². The van der Waals surface area contributed by atoms with Crippen LogP contribution >= 0.6 is 0 Å². The van der Waals surface area contributed by atoms with Gasteiger partial charge >= 0.3 is 5.97 Å². The molecule has 0 aliphatic carbocycles. The Bertz CT molecular complexity index is 1170. The molecule has 34 heavy (non-hydrogen) atoms. The average Bonchev–Trinajstić information content (AvgIpc) is 2.77. The van der Waals surface area contributed by atoms with Crippen molar-refractivity contribution in [3.05, 3.63) is 82.7 Å².